The molecule has 0 saturated carbocycles. The van der Waals surface area contributed by atoms with Crippen molar-refractivity contribution in [1.82, 2.24) is 4.98 Å². The number of sulfonamides is 1. The molecule has 0 aliphatic heterocycles. The van der Waals surface area contributed by atoms with Crippen LogP contribution in [0.2, 0.25) is 5.15 Å². The van der Waals surface area contributed by atoms with Crippen LogP contribution in [0, 0.1) is 11.3 Å². The molecule has 1 heterocycles. The SMILES string of the molecule is N#Cc1cc(C(F)F)c(Cl)nc1S(N)(=O)=O. The summed E-state index contributed by atoms with van der Waals surface area (Å²) in [5.74, 6) is 0. The van der Waals surface area contributed by atoms with E-state index in [0.29, 0.717) is 6.07 Å². The minimum absolute atomic E-state index is 0.567. The van der Waals surface area contributed by atoms with Crippen LogP contribution in [-0.4, -0.2) is 13.4 Å². The quantitative estimate of drug-likeness (QED) is 0.814. The Kier molecular flexibility index (Phi) is 3.42. The van der Waals surface area contributed by atoms with Gasteiger partial charge in [-0.05, 0) is 6.07 Å². The van der Waals surface area contributed by atoms with Crippen molar-refractivity contribution in [1.29, 1.82) is 5.26 Å². The van der Waals surface area contributed by atoms with Crippen molar-refractivity contribution in [2.75, 3.05) is 0 Å². The van der Waals surface area contributed by atoms with E-state index in [1.54, 1.807) is 0 Å². The Morgan fingerprint density at radius 1 is 1.56 bits per heavy atom. The number of pyridine rings is 1. The summed E-state index contributed by atoms with van der Waals surface area (Å²) in [5.41, 5.74) is -1.28. The maximum absolute atomic E-state index is 12.4. The maximum atomic E-state index is 12.4. The Balaban J connectivity index is 3.59. The van der Waals surface area contributed by atoms with Crippen LogP contribution < -0.4 is 5.14 Å². The van der Waals surface area contributed by atoms with Crippen LogP contribution in [0.4, 0.5) is 8.78 Å². The van der Waals surface area contributed by atoms with Gasteiger partial charge in [-0.25, -0.2) is 27.3 Å². The molecule has 2 N–H and O–H groups in total. The van der Waals surface area contributed by atoms with Gasteiger partial charge in [-0.1, -0.05) is 11.6 Å². The van der Waals surface area contributed by atoms with E-state index in [9.17, 15) is 17.2 Å². The molecule has 0 unspecified atom stereocenters. The highest BCUT2D eigenvalue weighted by Crippen LogP contribution is 2.28. The summed E-state index contributed by atoms with van der Waals surface area (Å²) in [5, 5.41) is 11.8. The van der Waals surface area contributed by atoms with Crippen molar-refractivity contribution in [3.63, 3.8) is 0 Å². The number of hydrogen-bond acceptors (Lipinski definition) is 4. The number of nitrogens with two attached hydrogens (primary N) is 1. The monoisotopic (exact) mass is 267 g/mol. The molecule has 0 radical (unpaired) electrons. The molecule has 16 heavy (non-hydrogen) atoms. The van der Waals surface area contributed by atoms with Crippen LogP contribution in [0.1, 0.15) is 17.6 Å². The first kappa shape index (κ1) is 12.8. The van der Waals surface area contributed by atoms with Crippen LogP contribution in [-0.2, 0) is 10.0 Å². The van der Waals surface area contributed by atoms with Crippen LogP contribution in [0.5, 0.6) is 0 Å². The average molecular weight is 268 g/mol. The van der Waals surface area contributed by atoms with Crippen molar-refractivity contribution in [2.45, 2.75) is 11.5 Å². The normalized spacial score (nSPS) is 11.5. The van der Waals surface area contributed by atoms with Gasteiger partial charge in [0, 0.05) is 0 Å². The Hall–Kier alpha value is -1.30. The third-order valence-corrected chi connectivity index (χ3v) is 2.75. The van der Waals surface area contributed by atoms with Crippen LogP contribution in [0.25, 0.3) is 0 Å². The molecule has 1 aromatic heterocycles. The fourth-order valence-electron chi connectivity index (χ4n) is 0.941. The molecule has 0 aromatic carbocycles. The first-order chi connectivity index (χ1) is 7.27. The Bertz CT molecular complexity index is 568. The Morgan fingerprint density at radius 3 is 2.50 bits per heavy atom. The molecule has 0 saturated heterocycles. The highest BCUT2D eigenvalue weighted by molar-refractivity contribution is 7.89. The zero-order valence-electron chi connectivity index (χ0n) is 7.49. The summed E-state index contributed by atoms with van der Waals surface area (Å²) in [7, 11) is -4.27. The molecule has 1 rings (SSSR count). The topological polar surface area (TPSA) is 96.8 Å². The molecule has 9 heteroatoms. The van der Waals surface area contributed by atoms with Gasteiger partial charge >= 0.3 is 0 Å². The highest BCUT2D eigenvalue weighted by atomic mass is 35.5. The van der Waals surface area contributed by atoms with E-state index in [1.165, 1.54) is 6.07 Å². The van der Waals surface area contributed by atoms with Gasteiger partial charge in [-0.3, -0.25) is 0 Å². The van der Waals surface area contributed by atoms with Crippen molar-refractivity contribution in [2.24, 2.45) is 5.14 Å². The van der Waals surface area contributed by atoms with Gasteiger partial charge in [0.05, 0.1) is 11.1 Å². The molecule has 1 aromatic rings. The largest absolute Gasteiger partial charge is 0.266 e. The second-order valence-electron chi connectivity index (χ2n) is 2.68. The predicted octanol–water partition coefficient (Wildman–Crippen LogP) is 1.19. The number of aromatic nitrogens is 1. The summed E-state index contributed by atoms with van der Waals surface area (Å²) in [4.78, 5) is 3.19. The average Bonchev–Trinajstić information content (AvgIpc) is 2.15. The Morgan fingerprint density at radius 2 is 2.12 bits per heavy atom. The third-order valence-electron chi connectivity index (χ3n) is 1.59. The number of nitriles is 1. The second kappa shape index (κ2) is 4.29. The van der Waals surface area contributed by atoms with Crippen molar-refractivity contribution < 1.29 is 17.2 Å². The molecular weight excluding hydrogens is 264 g/mol. The van der Waals surface area contributed by atoms with E-state index in [1.807, 2.05) is 0 Å². The number of halogens is 3. The zero-order valence-corrected chi connectivity index (χ0v) is 9.06. The van der Waals surface area contributed by atoms with E-state index in [-0.39, 0.29) is 0 Å². The molecular formula is C7H4ClF2N3O2S. The smallest absolute Gasteiger partial charge is 0.223 e. The van der Waals surface area contributed by atoms with E-state index in [2.05, 4.69) is 4.98 Å². The fourth-order valence-corrected chi connectivity index (χ4v) is 1.84. The molecule has 86 valence electrons. The van der Waals surface area contributed by atoms with Crippen molar-refractivity contribution in [3.8, 4) is 6.07 Å². The molecule has 0 bridgehead atoms. The van der Waals surface area contributed by atoms with Gasteiger partial charge < -0.3 is 0 Å². The van der Waals surface area contributed by atoms with Gasteiger partial charge in [0.2, 0.25) is 0 Å². The lowest BCUT2D eigenvalue weighted by molar-refractivity contribution is 0.151. The molecule has 0 atom stereocenters. The predicted molar refractivity (Wildman–Crippen MR) is 50.3 cm³/mol. The van der Waals surface area contributed by atoms with Crippen molar-refractivity contribution >= 4 is 21.6 Å². The van der Waals surface area contributed by atoms with E-state index < -0.39 is 37.8 Å². The van der Waals surface area contributed by atoms with Gasteiger partial charge in [0.15, 0.2) is 5.03 Å². The molecule has 0 amide bonds. The third kappa shape index (κ3) is 2.44. The van der Waals surface area contributed by atoms with Crippen LogP contribution in [0.3, 0.4) is 0 Å². The lowest BCUT2D eigenvalue weighted by atomic mass is 10.2. The van der Waals surface area contributed by atoms with Crippen molar-refractivity contribution in [3.05, 3.63) is 22.3 Å². The standard InChI is InChI=1S/C7H4ClF2N3O2S/c8-5-4(6(9)10)1-3(2-11)7(13-5)16(12,14)15/h1,6H,(H2,12,14,15). The van der Waals surface area contributed by atoms with Crippen LogP contribution >= 0.6 is 11.6 Å². The number of nitrogens with zero attached hydrogens (tertiary/aromatic N) is 2. The van der Waals surface area contributed by atoms with E-state index >= 15 is 0 Å². The minimum Gasteiger partial charge on any atom is -0.223 e. The number of primary sulfonamides is 1. The molecule has 0 aliphatic carbocycles. The molecule has 0 fully saturated rings. The van der Waals surface area contributed by atoms with Gasteiger partial charge in [-0.15, -0.1) is 0 Å². The Labute approximate surface area is 94.5 Å². The number of hydrogen-bond donors (Lipinski definition) is 1. The lowest BCUT2D eigenvalue weighted by Crippen LogP contribution is -2.16. The molecule has 0 spiro atoms. The van der Waals surface area contributed by atoms with E-state index in [4.69, 9.17) is 22.0 Å². The van der Waals surface area contributed by atoms with Gasteiger partial charge in [0.1, 0.15) is 11.2 Å². The number of alkyl halides is 2. The molecule has 0 aliphatic rings. The molecule has 5 nitrogen and oxygen atoms in total. The fraction of sp³-hybridized carbons (Fsp3) is 0.143. The number of rotatable bonds is 2. The van der Waals surface area contributed by atoms with E-state index in [0.717, 1.165) is 0 Å². The highest BCUT2D eigenvalue weighted by Gasteiger charge is 2.22. The summed E-state index contributed by atoms with van der Waals surface area (Å²) in [6, 6.07) is 2.06. The zero-order chi connectivity index (χ0) is 12.5. The minimum atomic E-state index is -4.27. The van der Waals surface area contributed by atoms with Gasteiger partial charge in [0.25, 0.3) is 16.4 Å². The lowest BCUT2D eigenvalue weighted by Gasteiger charge is -2.06. The van der Waals surface area contributed by atoms with Gasteiger partial charge in [-0.2, -0.15) is 5.26 Å². The summed E-state index contributed by atoms with van der Waals surface area (Å²) < 4.78 is 46.6. The first-order valence-corrected chi connectivity index (χ1v) is 5.61. The summed E-state index contributed by atoms with van der Waals surface area (Å²) >= 11 is 5.34. The second-order valence-corrected chi connectivity index (χ2v) is 4.51. The van der Waals surface area contributed by atoms with Crippen LogP contribution in [0.15, 0.2) is 11.1 Å². The maximum Gasteiger partial charge on any atom is 0.266 e. The summed E-state index contributed by atoms with van der Waals surface area (Å²) in [6.07, 6.45) is -2.96. The summed E-state index contributed by atoms with van der Waals surface area (Å²) in [6.45, 7) is 0. The first-order valence-electron chi connectivity index (χ1n) is 3.69.